The van der Waals surface area contributed by atoms with Crippen molar-refractivity contribution in [3.8, 4) is 0 Å². The third-order valence-electron chi connectivity index (χ3n) is 11.8. The molecule has 1 aromatic carbocycles. The first-order valence-electron chi connectivity index (χ1n) is 17.1. The molecule has 2 aliphatic carbocycles. The number of benzene rings is 1. The lowest BCUT2D eigenvalue weighted by atomic mass is 9.50. The summed E-state index contributed by atoms with van der Waals surface area (Å²) in [7, 11) is -2.09. The van der Waals surface area contributed by atoms with Crippen LogP contribution in [0.15, 0.2) is 59.2 Å². The van der Waals surface area contributed by atoms with Gasteiger partial charge < -0.3 is 23.5 Å². The van der Waals surface area contributed by atoms with Crippen molar-refractivity contribution in [2.75, 3.05) is 19.7 Å². The molecule has 1 spiro atoms. The molecule has 6 nitrogen and oxygen atoms in total. The highest BCUT2D eigenvalue weighted by molar-refractivity contribution is 6.74. The predicted octanol–water partition coefficient (Wildman–Crippen LogP) is 8.70. The van der Waals surface area contributed by atoms with Gasteiger partial charge in [0.05, 0.1) is 12.7 Å². The van der Waals surface area contributed by atoms with Gasteiger partial charge in [0.2, 0.25) is 0 Å². The van der Waals surface area contributed by atoms with Crippen LogP contribution in [0.25, 0.3) is 5.57 Å². The summed E-state index contributed by atoms with van der Waals surface area (Å²) in [6.07, 6.45) is 6.82. The van der Waals surface area contributed by atoms with Crippen LogP contribution in [0, 0.1) is 11.3 Å². The van der Waals surface area contributed by atoms with Crippen LogP contribution in [0.5, 0.6) is 0 Å². The van der Waals surface area contributed by atoms with E-state index < -0.39 is 30.5 Å². The number of rotatable bonds is 5. The second kappa shape index (κ2) is 10.7. The number of carbonyl (C=O) groups excluding carboxylic acids is 1. The molecule has 3 aliphatic heterocycles. The quantitative estimate of drug-likeness (QED) is 0.240. The standard InChI is InChI=1S/C38H55NO5Si/c1-12-28-32(27-16-14-13-15-17-27)30-22-31-37-19-18-29(26(3)44-45(10,11)35(7,8)9)36(37,23-25(2)38(28,31)42-30)24-39(20-21-41-37)33(40)43-34(4,5)6/h13-18,22,25-26,30H,12,19-21,23-24H2,1-11H3/t25-,26-,30-,36+,37+,38-/m1/s1. The van der Waals surface area contributed by atoms with Gasteiger partial charge in [0.15, 0.2) is 8.32 Å². The molecular formula is C38H55NO5Si. The zero-order valence-electron chi connectivity index (χ0n) is 29.5. The normalized spacial score (nSPS) is 33.6. The van der Waals surface area contributed by atoms with Crippen molar-refractivity contribution in [1.29, 1.82) is 0 Å². The van der Waals surface area contributed by atoms with E-state index in [1.165, 1.54) is 27.9 Å². The summed E-state index contributed by atoms with van der Waals surface area (Å²) in [5.41, 5.74) is 4.34. The van der Waals surface area contributed by atoms with Crippen LogP contribution in [-0.2, 0) is 18.6 Å². The molecule has 6 atom stereocenters. The molecule has 5 aliphatic rings. The lowest BCUT2D eigenvalue weighted by molar-refractivity contribution is -0.142. The first-order valence-corrected chi connectivity index (χ1v) is 20.0. The fraction of sp³-hybridized carbons (Fsp3) is 0.658. The van der Waals surface area contributed by atoms with E-state index in [1.807, 2.05) is 25.7 Å². The highest BCUT2D eigenvalue weighted by atomic mass is 28.4. The van der Waals surface area contributed by atoms with Gasteiger partial charge in [0, 0.05) is 18.5 Å². The molecule has 2 fully saturated rings. The Morgan fingerprint density at radius 3 is 2.44 bits per heavy atom. The molecule has 0 unspecified atom stereocenters. The largest absolute Gasteiger partial charge is 0.444 e. The Balaban J connectivity index is 1.48. The molecule has 0 radical (unpaired) electrons. The van der Waals surface area contributed by atoms with Crippen molar-refractivity contribution in [2.24, 2.45) is 11.3 Å². The SMILES string of the molecule is CCC1=C(c2ccccc2)[C@H]2C=C3[C@@]1(O2)[C@H](C)C[C@@]12CN(C(=O)OC(C)(C)C)CCO[C@@]31CC=C2[C@@H](C)O[Si](C)(C)C(C)(C)C. The summed E-state index contributed by atoms with van der Waals surface area (Å²) in [5, 5.41) is 0.0806. The van der Waals surface area contributed by atoms with E-state index in [0.29, 0.717) is 19.7 Å². The first-order chi connectivity index (χ1) is 20.9. The molecular weight excluding hydrogens is 579 g/mol. The van der Waals surface area contributed by atoms with E-state index in [2.05, 4.69) is 97.1 Å². The Morgan fingerprint density at radius 2 is 1.82 bits per heavy atom. The van der Waals surface area contributed by atoms with Crippen LogP contribution < -0.4 is 0 Å². The Labute approximate surface area is 272 Å². The van der Waals surface area contributed by atoms with Gasteiger partial charge in [-0.1, -0.05) is 71.0 Å². The van der Waals surface area contributed by atoms with Crippen LogP contribution in [0.4, 0.5) is 4.79 Å². The zero-order chi connectivity index (χ0) is 32.8. The summed E-state index contributed by atoms with van der Waals surface area (Å²) in [5.74, 6) is 0.168. The van der Waals surface area contributed by atoms with Gasteiger partial charge in [-0.05, 0) is 105 Å². The molecule has 1 aromatic rings. The van der Waals surface area contributed by atoms with Gasteiger partial charge in [0.25, 0.3) is 0 Å². The first kappa shape index (κ1) is 32.7. The maximum Gasteiger partial charge on any atom is 0.410 e. The highest BCUT2D eigenvalue weighted by Gasteiger charge is 2.74. The second-order valence-electron chi connectivity index (χ2n) is 16.6. The monoisotopic (exact) mass is 633 g/mol. The number of hydrogen-bond acceptors (Lipinski definition) is 5. The number of hydrogen-bond donors (Lipinski definition) is 0. The molecule has 1 amide bonds. The summed E-state index contributed by atoms with van der Waals surface area (Å²) in [6.45, 7) is 25.7. The van der Waals surface area contributed by atoms with Crippen molar-refractivity contribution in [2.45, 2.75) is 129 Å². The van der Waals surface area contributed by atoms with Crippen molar-refractivity contribution in [3.63, 3.8) is 0 Å². The topological polar surface area (TPSA) is 57.2 Å². The van der Waals surface area contributed by atoms with Gasteiger partial charge >= 0.3 is 6.09 Å². The van der Waals surface area contributed by atoms with Crippen LogP contribution in [0.3, 0.4) is 0 Å². The van der Waals surface area contributed by atoms with Gasteiger partial charge in [-0.15, -0.1) is 0 Å². The third kappa shape index (κ3) is 4.77. The smallest absolute Gasteiger partial charge is 0.410 e. The molecule has 7 heteroatoms. The molecule has 0 N–H and O–H groups in total. The minimum absolute atomic E-state index is 0.0806. The van der Waals surface area contributed by atoms with Crippen LogP contribution in [0.1, 0.15) is 87.1 Å². The van der Waals surface area contributed by atoms with E-state index >= 15 is 0 Å². The summed E-state index contributed by atoms with van der Waals surface area (Å²) >= 11 is 0. The second-order valence-corrected chi connectivity index (χ2v) is 21.4. The van der Waals surface area contributed by atoms with E-state index in [4.69, 9.17) is 18.6 Å². The number of fused-ring (bicyclic) bond motifs is 1. The number of amides is 1. The molecule has 1 saturated carbocycles. The zero-order valence-corrected chi connectivity index (χ0v) is 30.5. The Bertz CT molecular complexity index is 1450. The van der Waals surface area contributed by atoms with Crippen molar-refractivity contribution in [1.82, 2.24) is 4.90 Å². The Morgan fingerprint density at radius 1 is 1.13 bits per heavy atom. The van der Waals surface area contributed by atoms with Crippen LogP contribution in [0.2, 0.25) is 18.1 Å². The fourth-order valence-electron chi connectivity index (χ4n) is 9.05. The molecule has 1 saturated heterocycles. The lowest BCUT2D eigenvalue weighted by Gasteiger charge is -2.59. The third-order valence-corrected chi connectivity index (χ3v) is 16.3. The summed E-state index contributed by atoms with van der Waals surface area (Å²) in [6, 6.07) is 10.7. The summed E-state index contributed by atoms with van der Waals surface area (Å²) in [4.78, 5) is 15.7. The average molecular weight is 634 g/mol. The lowest BCUT2D eigenvalue weighted by Crippen LogP contribution is -2.65. The maximum atomic E-state index is 13.8. The van der Waals surface area contributed by atoms with Gasteiger partial charge in [0.1, 0.15) is 22.9 Å². The van der Waals surface area contributed by atoms with E-state index in [0.717, 1.165) is 19.3 Å². The minimum atomic E-state index is -2.09. The molecule has 6 rings (SSSR count). The average Bonchev–Trinajstić information content (AvgIpc) is 3.55. The molecule has 45 heavy (non-hydrogen) atoms. The Kier molecular flexibility index (Phi) is 7.76. The number of nitrogens with zero attached hydrogens (tertiary/aromatic N) is 1. The van der Waals surface area contributed by atoms with E-state index in [1.54, 1.807) is 0 Å². The molecule has 246 valence electrons. The fourth-order valence-corrected chi connectivity index (χ4v) is 10.4. The van der Waals surface area contributed by atoms with E-state index in [-0.39, 0.29) is 29.3 Å². The van der Waals surface area contributed by atoms with Crippen molar-refractivity contribution < 1.29 is 23.4 Å². The van der Waals surface area contributed by atoms with Gasteiger partial charge in [-0.2, -0.15) is 0 Å². The van der Waals surface area contributed by atoms with Gasteiger partial charge in [-0.25, -0.2) is 4.79 Å². The molecule has 3 heterocycles. The van der Waals surface area contributed by atoms with Crippen LogP contribution in [-0.4, -0.2) is 68.0 Å². The van der Waals surface area contributed by atoms with Crippen molar-refractivity contribution >= 4 is 20.0 Å². The minimum Gasteiger partial charge on any atom is -0.444 e. The molecule has 2 bridgehead atoms. The summed E-state index contributed by atoms with van der Waals surface area (Å²) < 4.78 is 27.5. The van der Waals surface area contributed by atoms with Crippen LogP contribution >= 0.6 is 0 Å². The number of carbonyl (C=O) groups is 1. The Hall–Kier alpha value is -2.19. The molecule has 0 aromatic heterocycles. The van der Waals surface area contributed by atoms with Gasteiger partial charge in [-0.3, -0.25) is 0 Å². The van der Waals surface area contributed by atoms with E-state index in [9.17, 15) is 4.79 Å². The van der Waals surface area contributed by atoms with Crippen molar-refractivity contribution in [3.05, 3.63) is 64.8 Å². The predicted molar refractivity (Wildman–Crippen MR) is 182 cm³/mol. The maximum absolute atomic E-state index is 13.8. The highest BCUT2D eigenvalue weighted by Crippen LogP contribution is 2.71. The number of ether oxygens (including phenoxy) is 3.